The Balaban J connectivity index is 2.15. The van der Waals surface area contributed by atoms with Gasteiger partial charge >= 0.3 is 0 Å². The summed E-state index contributed by atoms with van der Waals surface area (Å²) in [6.07, 6.45) is 5.70. The van der Waals surface area contributed by atoms with E-state index in [1.165, 1.54) is 25.7 Å². The van der Waals surface area contributed by atoms with E-state index in [-0.39, 0.29) is 11.9 Å². The highest BCUT2D eigenvalue weighted by Gasteiger charge is 2.26. The van der Waals surface area contributed by atoms with Gasteiger partial charge < -0.3 is 10.6 Å². The molecule has 0 spiro atoms. The molecule has 0 amide bonds. The fraction of sp³-hybridized carbons (Fsp3) is 0.647. The second-order valence-electron chi connectivity index (χ2n) is 6.41. The van der Waals surface area contributed by atoms with Gasteiger partial charge in [0.25, 0.3) is 0 Å². The zero-order valence-electron chi connectivity index (χ0n) is 12.9. The number of nitrogens with two attached hydrogens (primary N) is 1. The number of rotatable bonds is 4. The van der Waals surface area contributed by atoms with Crippen LogP contribution in [-0.4, -0.2) is 19.1 Å². The minimum Gasteiger partial charge on any atom is -0.369 e. The Morgan fingerprint density at radius 3 is 2.65 bits per heavy atom. The zero-order valence-corrected chi connectivity index (χ0v) is 12.9. The Morgan fingerprint density at radius 2 is 2.05 bits per heavy atom. The van der Waals surface area contributed by atoms with Gasteiger partial charge in [0.1, 0.15) is 5.82 Å². The molecule has 0 saturated heterocycles. The van der Waals surface area contributed by atoms with Crippen molar-refractivity contribution in [2.24, 2.45) is 11.7 Å². The Kier molecular flexibility index (Phi) is 5.03. The zero-order chi connectivity index (χ0) is 14.7. The number of nitrogens with zero attached hydrogens (tertiary/aromatic N) is 1. The van der Waals surface area contributed by atoms with Crippen molar-refractivity contribution in [1.82, 2.24) is 0 Å². The summed E-state index contributed by atoms with van der Waals surface area (Å²) in [5.74, 6) is 0.514. The molecular weight excluding hydrogens is 251 g/mol. The summed E-state index contributed by atoms with van der Waals surface area (Å²) < 4.78 is 14.4. The smallest absolute Gasteiger partial charge is 0.146 e. The molecule has 0 heterocycles. The van der Waals surface area contributed by atoms with Crippen LogP contribution in [0.15, 0.2) is 18.2 Å². The van der Waals surface area contributed by atoms with Crippen LogP contribution in [0.25, 0.3) is 0 Å². The Morgan fingerprint density at radius 1 is 1.35 bits per heavy atom. The van der Waals surface area contributed by atoms with E-state index in [1.54, 1.807) is 6.07 Å². The van der Waals surface area contributed by atoms with Gasteiger partial charge in [-0.1, -0.05) is 25.8 Å². The lowest BCUT2D eigenvalue weighted by molar-refractivity contribution is 0.320. The first-order valence-corrected chi connectivity index (χ1v) is 7.76. The maximum atomic E-state index is 14.4. The van der Waals surface area contributed by atoms with Crippen LogP contribution in [0.5, 0.6) is 0 Å². The first kappa shape index (κ1) is 15.3. The molecule has 1 aromatic carbocycles. The lowest BCUT2D eigenvalue weighted by atomic mass is 9.85. The van der Waals surface area contributed by atoms with Crippen LogP contribution in [0.3, 0.4) is 0 Å². The summed E-state index contributed by atoms with van der Waals surface area (Å²) in [6, 6.07) is 6.08. The second kappa shape index (κ2) is 6.57. The molecule has 1 aliphatic rings. The highest BCUT2D eigenvalue weighted by Crippen LogP contribution is 2.31. The molecule has 20 heavy (non-hydrogen) atoms. The molecule has 3 atom stereocenters. The number of anilines is 1. The first-order valence-electron chi connectivity index (χ1n) is 7.76. The molecule has 112 valence electrons. The Labute approximate surface area is 122 Å². The molecule has 0 aromatic heterocycles. The molecule has 0 radical (unpaired) electrons. The minimum atomic E-state index is -0.122. The Hall–Kier alpha value is -1.09. The van der Waals surface area contributed by atoms with Gasteiger partial charge in [-0.05, 0) is 49.8 Å². The van der Waals surface area contributed by atoms with Gasteiger partial charge in [-0.3, -0.25) is 0 Å². The topological polar surface area (TPSA) is 29.3 Å². The van der Waals surface area contributed by atoms with Crippen molar-refractivity contribution in [1.29, 1.82) is 0 Å². The van der Waals surface area contributed by atoms with Gasteiger partial charge in [-0.25, -0.2) is 4.39 Å². The molecule has 2 N–H and O–H groups in total. The summed E-state index contributed by atoms with van der Waals surface area (Å²) in [5.41, 5.74) is 7.47. The van der Waals surface area contributed by atoms with Crippen LogP contribution in [0, 0.1) is 11.7 Å². The van der Waals surface area contributed by atoms with Crippen molar-refractivity contribution in [2.75, 3.05) is 11.9 Å². The number of benzene rings is 1. The van der Waals surface area contributed by atoms with Crippen LogP contribution in [-0.2, 0) is 6.42 Å². The molecule has 0 aliphatic heterocycles. The van der Waals surface area contributed by atoms with E-state index >= 15 is 0 Å². The van der Waals surface area contributed by atoms with Crippen LogP contribution in [0.1, 0.15) is 45.1 Å². The number of hydrogen-bond donors (Lipinski definition) is 1. The third kappa shape index (κ3) is 3.51. The summed E-state index contributed by atoms with van der Waals surface area (Å²) in [5, 5.41) is 0. The van der Waals surface area contributed by atoms with E-state index < -0.39 is 0 Å². The van der Waals surface area contributed by atoms with E-state index in [1.807, 2.05) is 26.1 Å². The van der Waals surface area contributed by atoms with Crippen LogP contribution < -0.4 is 10.6 Å². The van der Waals surface area contributed by atoms with Crippen molar-refractivity contribution >= 4 is 5.69 Å². The van der Waals surface area contributed by atoms with Gasteiger partial charge in [0.05, 0.1) is 5.69 Å². The predicted molar refractivity (Wildman–Crippen MR) is 83.6 cm³/mol. The number of hydrogen-bond acceptors (Lipinski definition) is 2. The SMILES string of the molecule is CC(N)Cc1ccc(N(C)C2CCCCC2C)c(F)c1. The van der Waals surface area contributed by atoms with Gasteiger partial charge in [0, 0.05) is 19.1 Å². The van der Waals surface area contributed by atoms with E-state index in [4.69, 9.17) is 5.73 Å². The Bertz CT molecular complexity index is 445. The average Bonchev–Trinajstić information content (AvgIpc) is 2.38. The molecule has 3 heteroatoms. The molecule has 0 bridgehead atoms. The monoisotopic (exact) mass is 278 g/mol. The third-order valence-electron chi connectivity index (χ3n) is 4.51. The molecule has 1 aromatic rings. The van der Waals surface area contributed by atoms with Crippen molar-refractivity contribution in [3.05, 3.63) is 29.6 Å². The van der Waals surface area contributed by atoms with Crippen molar-refractivity contribution in [2.45, 2.75) is 58.0 Å². The molecular formula is C17H27FN2. The van der Waals surface area contributed by atoms with Gasteiger partial charge in [0.2, 0.25) is 0 Å². The van der Waals surface area contributed by atoms with Gasteiger partial charge in [-0.15, -0.1) is 0 Å². The molecule has 1 fully saturated rings. The van der Waals surface area contributed by atoms with Crippen LogP contribution in [0.2, 0.25) is 0 Å². The second-order valence-corrected chi connectivity index (χ2v) is 6.41. The lowest BCUT2D eigenvalue weighted by Gasteiger charge is -2.37. The highest BCUT2D eigenvalue weighted by atomic mass is 19.1. The van der Waals surface area contributed by atoms with E-state index in [0.717, 1.165) is 17.7 Å². The molecule has 1 aliphatic carbocycles. The van der Waals surface area contributed by atoms with Crippen molar-refractivity contribution in [3.63, 3.8) is 0 Å². The van der Waals surface area contributed by atoms with Crippen LogP contribution >= 0.6 is 0 Å². The fourth-order valence-electron chi connectivity index (χ4n) is 3.39. The quantitative estimate of drug-likeness (QED) is 0.909. The lowest BCUT2D eigenvalue weighted by Crippen LogP contribution is -2.39. The van der Waals surface area contributed by atoms with E-state index in [9.17, 15) is 4.39 Å². The third-order valence-corrected chi connectivity index (χ3v) is 4.51. The van der Waals surface area contributed by atoms with E-state index in [2.05, 4.69) is 11.8 Å². The highest BCUT2D eigenvalue weighted by molar-refractivity contribution is 5.49. The molecule has 1 saturated carbocycles. The summed E-state index contributed by atoms with van der Waals surface area (Å²) in [4.78, 5) is 2.13. The van der Waals surface area contributed by atoms with Gasteiger partial charge in [0.15, 0.2) is 0 Å². The standard InChI is InChI=1S/C17H27FN2/c1-12-6-4-5-7-16(12)20(3)17-9-8-14(10-13(2)19)11-15(17)18/h8-9,11-13,16H,4-7,10,19H2,1-3H3. The maximum absolute atomic E-state index is 14.4. The summed E-state index contributed by atoms with van der Waals surface area (Å²) in [7, 11) is 2.02. The average molecular weight is 278 g/mol. The van der Waals surface area contributed by atoms with Crippen LogP contribution in [0.4, 0.5) is 10.1 Å². The summed E-state index contributed by atoms with van der Waals surface area (Å²) >= 11 is 0. The van der Waals surface area contributed by atoms with Gasteiger partial charge in [-0.2, -0.15) is 0 Å². The fourth-order valence-corrected chi connectivity index (χ4v) is 3.39. The number of halogens is 1. The molecule has 3 unspecified atom stereocenters. The largest absolute Gasteiger partial charge is 0.369 e. The minimum absolute atomic E-state index is 0.0661. The van der Waals surface area contributed by atoms with Crippen molar-refractivity contribution < 1.29 is 4.39 Å². The van der Waals surface area contributed by atoms with E-state index in [0.29, 0.717) is 12.0 Å². The first-order chi connectivity index (χ1) is 9.49. The summed E-state index contributed by atoms with van der Waals surface area (Å²) in [6.45, 7) is 4.23. The van der Waals surface area contributed by atoms with Crippen molar-refractivity contribution in [3.8, 4) is 0 Å². The predicted octanol–water partition coefficient (Wildman–Crippen LogP) is 3.73. The molecule has 2 nitrogen and oxygen atoms in total. The maximum Gasteiger partial charge on any atom is 0.146 e. The molecule has 2 rings (SSSR count). The normalized spacial score (nSPS) is 24.4.